The summed E-state index contributed by atoms with van der Waals surface area (Å²) in [5.74, 6) is 0.912. The summed E-state index contributed by atoms with van der Waals surface area (Å²) in [6.45, 7) is 6.81. The van der Waals surface area contributed by atoms with Gasteiger partial charge >= 0.3 is 0 Å². The largest absolute Gasteiger partial charge is 0.494 e. The van der Waals surface area contributed by atoms with Crippen molar-refractivity contribution in [2.45, 2.75) is 20.8 Å². The zero-order valence-corrected chi connectivity index (χ0v) is 11.1. The molecule has 90 valence electrons. The molecule has 0 amide bonds. The van der Waals surface area contributed by atoms with E-state index in [1.54, 1.807) is 0 Å². The molecule has 0 aliphatic heterocycles. The maximum Gasteiger partial charge on any atom is 0.180 e. The summed E-state index contributed by atoms with van der Waals surface area (Å²) in [5, 5.41) is 2.60. The van der Waals surface area contributed by atoms with Gasteiger partial charge in [0.2, 0.25) is 0 Å². The van der Waals surface area contributed by atoms with E-state index >= 15 is 0 Å². The van der Waals surface area contributed by atoms with Crippen LogP contribution in [-0.4, -0.2) is 11.6 Å². The van der Waals surface area contributed by atoms with Crippen LogP contribution in [0.4, 0.5) is 5.13 Å². The molecular weight excluding hydrogens is 232 g/mol. The quantitative estimate of drug-likeness (QED) is 0.905. The summed E-state index contributed by atoms with van der Waals surface area (Å²) in [5.41, 5.74) is 10.1. The molecule has 17 heavy (non-hydrogen) atoms. The first-order valence-corrected chi connectivity index (χ1v) is 6.45. The molecule has 0 aliphatic carbocycles. The normalized spacial score (nSPS) is 10.5. The van der Waals surface area contributed by atoms with Crippen molar-refractivity contribution in [3.63, 3.8) is 0 Å². The Hall–Kier alpha value is -1.55. The number of hydrogen-bond donors (Lipinski definition) is 1. The Morgan fingerprint density at radius 3 is 2.41 bits per heavy atom. The van der Waals surface area contributed by atoms with E-state index in [2.05, 4.69) is 18.8 Å². The van der Waals surface area contributed by atoms with Crippen molar-refractivity contribution in [2.75, 3.05) is 12.3 Å². The van der Waals surface area contributed by atoms with Crippen LogP contribution in [0.25, 0.3) is 11.3 Å². The lowest BCUT2D eigenvalue weighted by molar-refractivity contribution is 0.340. The Labute approximate surface area is 105 Å². The first-order valence-electron chi connectivity index (χ1n) is 5.57. The summed E-state index contributed by atoms with van der Waals surface area (Å²) < 4.78 is 5.52. The molecule has 2 rings (SSSR count). The SMILES string of the molecule is CCOc1cc(C)c(-c2csc(N)n2)c(C)c1. The van der Waals surface area contributed by atoms with Gasteiger partial charge in [-0.3, -0.25) is 0 Å². The fourth-order valence-electron chi connectivity index (χ4n) is 1.98. The van der Waals surface area contributed by atoms with E-state index in [-0.39, 0.29) is 0 Å². The second kappa shape index (κ2) is 4.75. The third-order valence-corrected chi connectivity index (χ3v) is 3.27. The van der Waals surface area contributed by atoms with Crippen molar-refractivity contribution in [1.29, 1.82) is 0 Å². The molecule has 0 aliphatic rings. The topological polar surface area (TPSA) is 48.1 Å². The summed E-state index contributed by atoms with van der Waals surface area (Å²) >= 11 is 1.47. The van der Waals surface area contributed by atoms with E-state index in [1.807, 2.05) is 24.4 Å². The van der Waals surface area contributed by atoms with Crippen molar-refractivity contribution >= 4 is 16.5 Å². The highest BCUT2D eigenvalue weighted by atomic mass is 32.1. The van der Waals surface area contributed by atoms with Gasteiger partial charge in [0.1, 0.15) is 5.75 Å². The average molecular weight is 248 g/mol. The number of thiazole rings is 1. The lowest BCUT2D eigenvalue weighted by atomic mass is 10.0. The highest BCUT2D eigenvalue weighted by Crippen LogP contribution is 2.32. The van der Waals surface area contributed by atoms with Gasteiger partial charge in [-0.15, -0.1) is 11.3 Å². The first kappa shape index (κ1) is 11.9. The number of nitrogens with zero attached hydrogens (tertiary/aromatic N) is 1. The number of nitrogen functional groups attached to an aromatic ring is 1. The number of anilines is 1. The van der Waals surface area contributed by atoms with Gasteiger partial charge in [-0.1, -0.05) is 0 Å². The Bertz CT molecular complexity index is 511. The summed E-state index contributed by atoms with van der Waals surface area (Å²) in [4.78, 5) is 4.33. The predicted molar refractivity (Wildman–Crippen MR) is 72.6 cm³/mol. The Kier molecular flexibility index (Phi) is 3.33. The third-order valence-electron chi connectivity index (χ3n) is 2.60. The molecule has 4 heteroatoms. The highest BCUT2D eigenvalue weighted by molar-refractivity contribution is 7.13. The summed E-state index contributed by atoms with van der Waals surface area (Å²) in [7, 11) is 0. The average Bonchev–Trinajstić information content (AvgIpc) is 2.64. The van der Waals surface area contributed by atoms with Crippen molar-refractivity contribution < 1.29 is 4.74 Å². The standard InChI is InChI=1S/C13H16N2OS/c1-4-16-10-5-8(2)12(9(3)6-10)11-7-17-13(14)15-11/h5-7H,4H2,1-3H3,(H2,14,15). The number of aryl methyl sites for hydroxylation is 2. The fourth-order valence-corrected chi connectivity index (χ4v) is 2.53. The molecule has 0 radical (unpaired) electrons. The van der Waals surface area contributed by atoms with Crippen LogP contribution in [0.3, 0.4) is 0 Å². The number of rotatable bonds is 3. The van der Waals surface area contributed by atoms with E-state index < -0.39 is 0 Å². The molecule has 1 aromatic heterocycles. The highest BCUT2D eigenvalue weighted by Gasteiger charge is 2.10. The minimum Gasteiger partial charge on any atom is -0.494 e. The molecule has 3 nitrogen and oxygen atoms in total. The number of ether oxygens (including phenoxy) is 1. The van der Waals surface area contributed by atoms with Gasteiger partial charge in [0, 0.05) is 10.9 Å². The van der Waals surface area contributed by atoms with E-state index in [0.29, 0.717) is 11.7 Å². The minimum absolute atomic E-state index is 0.604. The van der Waals surface area contributed by atoms with E-state index in [0.717, 1.165) is 17.0 Å². The summed E-state index contributed by atoms with van der Waals surface area (Å²) in [6.07, 6.45) is 0. The van der Waals surface area contributed by atoms with Crippen LogP contribution in [0, 0.1) is 13.8 Å². The molecule has 0 saturated heterocycles. The molecule has 2 aromatic rings. The van der Waals surface area contributed by atoms with Crippen molar-refractivity contribution in [3.8, 4) is 17.0 Å². The first-order chi connectivity index (χ1) is 8.11. The molecule has 0 unspecified atom stereocenters. The molecule has 0 saturated carbocycles. The van der Waals surface area contributed by atoms with E-state index in [9.17, 15) is 0 Å². The van der Waals surface area contributed by atoms with E-state index in [1.165, 1.54) is 22.5 Å². The third kappa shape index (κ3) is 2.42. The number of hydrogen-bond acceptors (Lipinski definition) is 4. The van der Waals surface area contributed by atoms with Crippen LogP contribution >= 0.6 is 11.3 Å². The predicted octanol–water partition coefficient (Wildman–Crippen LogP) is 3.41. The van der Waals surface area contributed by atoms with Crippen molar-refractivity contribution in [1.82, 2.24) is 4.98 Å². The van der Waals surface area contributed by atoms with Crippen molar-refractivity contribution in [3.05, 3.63) is 28.6 Å². The monoisotopic (exact) mass is 248 g/mol. The van der Waals surface area contributed by atoms with Gasteiger partial charge < -0.3 is 10.5 Å². The van der Waals surface area contributed by atoms with Crippen LogP contribution in [0.1, 0.15) is 18.1 Å². The zero-order valence-electron chi connectivity index (χ0n) is 10.3. The van der Waals surface area contributed by atoms with Gasteiger partial charge in [-0.2, -0.15) is 0 Å². The number of benzene rings is 1. The van der Waals surface area contributed by atoms with Crippen molar-refractivity contribution in [2.24, 2.45) is 0 Å². The van der Waals surface area contributed by atoms with Gasteiger partial charge in [0.05, 0.1) is 12.3 Å². The van der Waals surface area contributed by atoms with Crippen LogP contribution in [0.15, 0.2) is 17.5 Å². The molecule has 0 spiro atoms. The second-order valence-electron chi connectivity index (χ2n) is 3.94. The molecule has 0 fully saturated rings. The maximum absolute atomic E-state index is 5.68. The fraction of sp³-hybridized carbons (Fsp3) is 0.308. The van der Waals surface area contributed by atoms with Crippen LogP contribution in [0.2, 0.25) is 0 Å². The Morgan fingerprint density at radius 1 is 1.29 bits per heavy atom. The van der Waals surface area contributed by atoms with Crippen LogP contribution in [0.5, 0.6) is 5.75 Å². The van der Waals surface area contributed by atoms with Crippen LogP contribution in [-0.2, 0) is 0 Å². The number of aromatic nitrogens is 1. The van der Waals surface area contributed by atoms with Gasteiger partial charge in [0.15, 0.2) is 5.13 Å². The molecule has 0 atom stereocenters. The molecule has 1 aromatic carbocycles. The molecule has 2 N–H and O–H groups in total. The van der Waals surface area contributed by atoms with E-state index in [4.69, 9.17) is 10.5 Å². The lowest BCUT2D eigenvalue weighted by Gasteiger charge is -2.11. The van der Waals surface area contributed by atoms with Crippen LogP contribution < -0.4 is 10.5 Å². The Morgan fingerprint density at radius 2 is 1.94 bits per heavy atom. The van der Waals surface area contributed by atoms with Gasteiger partial charge in [-0.05, 0) is 44.0 Å². The smallest absolute Gasteiger partial charge is 0.180 e. The minimum atomic E-state index is 0.604. The lowest BCUT2D eigenvalue weighted by Crippen LogP contribution is -1.95. The maximum atomic E-state index is 5.68. The second-order valence-corrected chi connectivity index (χ2v) is 4.83. The molecule has 0 bridgehead atoms. The van der Waals surface area contributed by atoms with Gasteiger partial charge in [0.25, 0.3) is 0 Å². The molecule has 1 heterocycles. The zero-order chi connectivity index (χ0) is 12.4. The summed E-state index contributed by atoms with van der Waals surface area (Å²) in [6, 6.07) is 4.09. The number of nitrogens with two attached hydrogens (primary N) is 1. The molecular formula is C13H16N2OS. The van der Waals surface area contributed by atoms with Gasteiger partial charge in [-0.25, -0.2) is 4.98 Å². The Balaban J connectivity index is 2.48.